The Morgan fingerprint density at radius 2 is 1.81 bits per heavy atom. The van der Waals surface area contributed by atoms with Gasteiger partial charge in [0.05, 0.1) is 9.79 Å². The molecule has 118 valence electrons. The molecule has 0 radical (unpaired) electrons. The third-order valence-electron chi connectivity index (χ3n) is 3.71. The van der Waals surface area contributed by atoms with E-state index in [4.69, 9.17) is 0 Å². The van der Waals surface area contributed by atoms with Gasteiger partial charge in [-0.1, -0.05) is 19.9 Å². The topological polar surface area (TPSA) is 71.5 Å². The number of nitrogens with zero attached hydrogens (tertiary/aromatic N) is 1. The Kier molecular flexibility index (Phi) is 4.41. The zero-order valence-corrected chi connectivity index (χ0v) is 13.5. The minimum absolute atomic E-state index is 0.111. The van der Waals surface area contributed by atoms with Crippen LogP contribution in [0.1, 0.15) is 26.7 Å². The fourth-order valence-electron chi connectivity index (χ4n) is 2.65. The minimum Gasteiger partial charge on any atom is -0.207 e. The van der Waals surface area contributed by atoms with Crippen molar-refractivity contribution in [1.82, 2.24) is 4.31 Å². The van der Waals surface area contributed by atoms with Crippen molar-refractivity contribution in [2.45, 2.75) is 42.5 Å². The molecule has 1 aromatic rings. The van der Waals surface area contributed by atoms with E-state index in [9.17, 15) is 20.7 Å². The van der Waals surface area contributed by atoms with Gasteiger partial charge in [-0.2, -0.15) is 12.7 Å². The number of hydrogen-bond donors (Lipinski definition) is 0. The van der Waals surface area contributed by atoms with Crippen LogP contribution in [0.5, 0.6) is 0 Å². The lowest BCUT2D eigenvalue weighted by molar-refractivity contribution is 0.315. The Hall–Kier alpha value is -0.990. The highest BCUT2D eigenvalue weighted by Gasteiger charge is 2.37. The van der Waals surface area contributed by atoms with E-state index in [-0.39, 0.29) is 16.9 Å². The zero-order chi connectivity index (χ0) is 15.8. The highest BCUT2D eigenvalue weighted by Crippen LogP contribution is 2.30. The number of rotatable bonds is 4. The van der Waals surface area contributed by atoms with Gasteiger partial charge in [-0.05, 0) is 37.0 Å². The molecular formula is C13H18FNO4S2. The second kappa shape index (κ2) is 5.66. The Labute approximate surface area is 125 Å². The van der Waals surface area contributed by atoms with Gasteiger partial charge in [0.25, 0.3) is 0 Å². The van der Waals surface area contributed by atoms with Crippen LogP contribution in [0.25, 0.3) is 0 Å². The van der Waals surface area contributed by atoms with Crippen LogP contribution in [0.3, 0.4) is 0 Å². The summed E-state index contributed by atoms with van der Waals surface area (Å²) in [6.07, 6.45) is 1.54. The van der Waals surface area contributed by atoms with Gasteiger partial charge in [0.1, 0.15) is 0 Å². The molecule has 8 heteroatoms. The first-order valence-electron chi connectivity index (χ1n) is 6.70. The molecule has 0 saturated carbocycles. The molecule has 1 aromatic carbocycles. The van der Waals surface area contributed by atoms with Gasteiger partial charge in [0, 0.05) is 12.6 Å². The van der Waals surface area contributed by atoms with E-state index in [2.05, 4.69) is 0 Å². The first-order chi connectivity index (χ1) is 9.64. The van der Waals surface area contributed by atoms with Crippen molar-refractivity contribution in [3.05, 3.63) is 24.3 Å². The smallest absolute Gasteiger partial charge is 0.207 e. The maximum Gasteiger partial charge on any atom is 0.332 e. The van der Waals surface area contributed by atoms with Crippen molar-refractivity contribution in [2.75, 3.05) is 6.54 Å². The molecule has 0 spiro atoms. The van der Waals surface area contributed by atoms with Crippen molar-refractivity contribution in [1.29, 1.82) is 0 Å². The molecule has 1 fully saturated rings. The Morgan fingerprint density at radius 1 is 1.19 bits per heavy atom. The molecule has 1 saturated heterocycles. The van der Waals surface area contributed by atoms with Crippen LogP contribution in [0.15, 0.2) is 34.1 Å². The Balaban J connectivity index is 2.45. The van der Waals surface area contributed by atoms with Crippen molar-refractivity contribution < 1.29 is 20.7 Å². The largest absolute Gasteiger partial charge is 0.332 e. The van der Waals surface area contributed by atoms with E-state index < -0.39 is 25.1 Å². The molecule has 0 aromatic heterocycles. The maximum absolute atomic E-state index is 13.0. The SMILES string of the molecule is CC(C)C1CCCN1S(=O)(=O)c1cccc(S(=O)(=O)F)c1. The normalized spacial score (nSPS) is 21.0. The summed E-state index contributed by atoms with van der Waals surface area (Å²) in [5.41, 5.74) is 0. The predicted octanol–water partition coefficient (Wildman–Crippen LogP) is 2.15. The summed E-state index contributed by atoms with van der Waals surface area (Å²) >= 11 is 0. The zero-order valence-electron chi connectivity index (χ0n) is 11.9. The predicted molar refractivity (Wildman–Crippen MR) is 76.5 cm³/mol. The molecule has 1 atom stereocenters. The Bertz CT molecular complexity index is 728. The summed E-state index contributed by atoms with van der Waals surface area (Å²) in [4.78, 5) is -0.822. The quantitative estimate of drug-likeness (QED) is 0.791. The van der Waals surface area contributed by atoms with Crippen LogP contribution in [-0.4, -0.2) is 33.7 Å². The molecule has 1 heterocycles. The lowest BCUT2D eigenvalue weighted by Gasteiger charge is -2.27. The van der Waals surface area contributed by atoms with E-state index >= 15 is 0 Å². The second-order valence-electron chi connectivity index (χ2n) is 5.48. The lowest BCUT2D eigenvalue weighted by Crippen LogP contribution is -2.38. The molecule has 1 unspecified atom stereocenters. The fourth-order valence-corrected chi connectivity index (χ4v) is 5.11. The molecule has 5 nitrogen and oxygen atoms in total. The van der Waals surface area contributed by atoms with Gasteiger partial charge in [-0.25, -0.2) is 8.42 Å². The highest BCUT2D eigenvalue weighted by atomic mass is 32.3. The number of benzene rings is 1. The molecular weight excluding hydrogens is 317 g/mol. The molecule has 2 rings (SSSR count). The summed E-state index contributed by atoms with van der Waals surface area (Å²) in [7, 11) is -8.74. The minimum atomic E-state index is -4.92. The second-order valence-corrected chi connectivity index (χ2v) is 8.72. The van der Waals surface area contributed by atoms with Gasteiger partial charge < -0.3 is 0 Å². The third kappa shape index (κ3) is 3.27. The maximum atomic E-state index is 13.0. The van der Waals surface area contributed by atoms with E-state index in [0.29, 0.717) is 6.54 Å². The van der Waals surface area contributed by atoms with Crippen LogP contribution in [-0.2, 0) is 20.2 Å². The van der Waals surface area contributed by atoms with Gasteiger partial charge >= 0.3 is 10.2 Å². The standard InChI is InChI=1S/C13H18FNO4S2/c1-10(2)13-7-4-8-15(13)21(18,19)12-6-3-5-11(9-12)20(14,16)17/h3,5-6,9-10,13H,4,7-8H2,1-2H3. The molecule has 1 aliphatic heterocycles. The van der Waals surface area contributed by atoms with E-state index in [1.807, 2.05) is 13.8 Å². The first kappa shape index (κ1) is 16.4. The number of hydrogen-bond acceptors (Lipinski definition) is 4. The highest BCUT2D eigenvalue weighted by molar-refractivity contribution is 7.89. The van der Waals surface area contributed by atoms with Crippen LogP contribution in [0, 0.1) is 5.92 Å². The summed E-state index contributed by atoms with van der Waals surface area (Å²) in [5.74, 6) is 0.162. The van der Waals surface area contributed by atoms with Crippen molar-refractivity contribution in [3.63, 3.8) is 0 Å². The van der Waals surface area contributed by atoms with Crippen LogP contribution in [0.4, 0.5) is 3.89 Å². The van der Waals surface area contributed by atoms with Crippen molar-refractivity contribution in [3.8, 4) is 0 Å². The van der Waals surface area contributed by atoms with E-state index in [1.54, 1.807) is 0 Å². The summed E-state index contributed by atoms with van der Waals surface area (Å²) in [6.45, 7) is 4.29. The summed E-state index contributed by atoms with van der Waals surface area (Å²) in [5, 5.41) is 0. The fraction of sp³-hybridized carbons (Fsp3) is 0.538. The van der Waals surface area contributed by atoms with Gasteiger partial charge in [-0.15, -0.1) is 3.89 Å². The van der Waals surface area contributed by atoms with Gasteiger partial charge in [-0.3, -0.25) is 0 Å². The van der Waals surface area contributed by atoms with Crippen LogP contribution in [0.2, 0.25) is 0 Å². The molecule has 0 amide bonds. The van der Waals surface area contributed by atoms with Crippen LogP contribution < -0.4 is 0 Å². The first-order valence-corrected chi connectivity index (χ1v) is 9.53. The van der Waals surface area contributed by atoms with Gasteiger partial charge in [0.15, 0.2) is 0 Å². The van der Waals surface area contributed by atoms with Gasteiger partial charge in [0.2, 0.25) is 10.0 Å². The third-order valence-corrected chi connectivity index (χ3v) is 6.45. The molecule has 21 heavy (non-hydrogen) atoms. The molecule has 1 aliphatic rings. The summed E-state index contributed by atoms with van der Waals surface area (Å²) in [6, 6.07) is 4.33. The lowest BCUT2D eigenvalue weighted by atomic mass is 10.0. The monoisotopic (exact) mass is 335 g/mol. The summed E-state index contributed by atoms with van der Waals surface area (Å²) < 4.78 is 61.6. The van der Waals surface area contributed by atoms with Crippen LogP contribution >= 0.6 is 0 Å². The van der Waals surface area contributed by atoms with E-state index in [1.165, 1.54) is 16.4 Å². The number of halogens is 1. The van der Waals surface area contributed by atoms with Crippen molar-refractivity contribution in [2.24, 2.45) is 5.92 Å². The van der Waals surface area contributed by atoms with E-state index in [0.717, 1.165) is 25.0 Å². The van der Waals surface area contributed by atoms with Crippen molar-refractivity contribution >= 4 is 20.2 Å². The Morgan fingerprint density at radius 3 is 2.38 bits per heavy atom. The average Bonchev–Trinajstić information content (AvgIpc) is 2.88. The number of sulfonamides is 1. The molecule has 0 bridgehead atoms. The molecule has 0 aliphatic carbocycles. The molecule has 0 N–H and O–H groups in total. The average molecular weight is 335 g/mol.